The molecule has 1 saturated heterocycles. The highest BCUT2D eigenvalue weighted by Crippen LogP contribution is 2.29. The van der Waals surface area contributed by atoms with Crippen LogP contribution in [-0.4, -0.2) is 37.6 Å². The molecule has 7 nitrogen and oxygen atoms in total. The standard InChI is InChI=1S/C20H22ClN3O4S/c1-14(25)22-18-8-7-16(21)13-19(18)23-20(26)15-9-11-24(12-10-15)29(27,28)17-5-3-2-4-6-17/h2-8,13,15H,9-12H2,1H3,(H,22,25)(H,23,26). The van der Waals surface area contributed by atoms with Gasteiger partial charge in [0.15, 0.2) is 0 Å². The van der Waals surface area contributed by atoms with E-state index in [1.807, 2.05) is 0 Å². The summed E-state index contributed by atoms with van der Waals surface area (Å²) in [6, 6.07) is 13.1. The molecule has 1 fully saturated rings. The van der Waals surface area contributed by atoms with Gasteiger partial charge in [-0.15, -0.1) is 0 Å². The smallest absolute Gasteiger partial charge is 0.243 e. The normalized spacial score (nSPS) is 15.7. The molecule has 1 heterocycles. The van der Waals surface area contributed by atoms with E-state index in [-0.39, 0.29) is 35.7 Å². The van der Waals surface area contributed by atoms with Crippen LogP contribution in [0.3, 0.4) is 0 Å². The minimum atomic E-state index is -3.56. The van der Waals surface area contributed by atoms with Gasteiger partial charge in [-0.3, -0.25) is 9.59 Å². The molecule has 2 amide bonds. The first-order valence-electron chi connectivity index (χ1n) is 9.20. The predicted molar refractivity (Wildman–Crippen MR) is 112 cm³/mol. The number of hydrogen-bond donors (Lipinski definition) is 2. The zero-order chi connectivity index (χ0) is 21.0. The van der Waals surface area contributed by atoms with Crippen LogP contribution < -0.4 is 10.6 Å². The molecule has 0 aromatic heterocycles. The first-order valence-corrected chi connectivity index (χ1v) is 11.0. The van der Waals surface area contributed by atoms with Crippen molar-refractivity contribution in [2.45, 2.75) is 24.7 Å². The van der Waals surface area contributed by atoms with Gasteiger partial charge in [0.2, 0.25) is 21.8 Å². The average Bonchev–Trinajstić information content (AvgIpc) is 2.70. The van der Waals surface area contributed by atoms with Gasteiger partial charge in [-0.05, 0) is 43.2 Å². The van der Waals surface area contributed by atoms with Crippen molar-refractivity contribution in [2.24, 2.45) is 5.92 Å². The third-order valence-electron chi connectivity index (χ3n) is 4.76. The van der Waals surface area contributed by atoms with E-state index in [9.17, 15) is 18.0 Å². The van der Waals surface area contributed by atoms with Gasteiger partial charge < -0.3 is 10.6 Å². The Hall–Kier alpha value is -2.42. The van der Waals surface area contributed by atoms with E-state index in [1.165, 1.54) is 11.2 Å². The van der Waals surface area contributed by atoms with Crippen molar-refractivity contribution in [3.8, 4) is 0 Å². The summed E-state index contributed by atoms with van der Waals surface area (Å²) in [6.07, 6.45) is 0.821. The zero-order valence-electron chi connectivity index (χ0n) is 15.9. The molecule has 2 aromatic carbocycles. The Labute approximate surface area is 175 Å². The Morgan fingerprint density at radius 3 is 2.28 bits per heavy atom. The summed E-state index contributed by atoms with van der Waals surface area (Å²) in [5.74, 6) is -0.820. The topological polar surface area (TPSA) is 95.6 Å². The lowest BCUT2D eigenvalue weighted by atomic mass is 9.97. The molecule has 0 saturated carbocycles. The SMILES string of the molecule is CC(=O)Nc1ccc(Cl)cc1NC(=O)C1CCN(S(=O)(=O)c2ccccc2)CC1. The summed E-state index contributed by atoms with van der Waals surface area (Å²) in [6.45, 7) is 1.91. The molecule has 0 unspecified atom stereocenters. The molecule has 1 aliphatic rings. The van der Waals surface area contributed by atoms with Crippen molar-refractivity contribution in [2.75, 3.05) is 23.7 Å². The van der Waals surface area contributed by atoms with Gasteiger partial charge in [0, 0.05) is 31.0 Å². The van der Waals surface area contributed by atoms with Crippen molar-refractivity contribution in [3.05, 3.63) is 53.6 Å². The molecule has 0 atom stereocenters. The van der Waals surface area contributed by atoms with Crippen LogP contribution in [0.25, 0.3) is 0 Å². The van der Waals surface area contributed by atoms with Crippen molar-refractivity contribution in [1.29, 1.82) is 0 Å². The molecule has 0 bridgehead atoms. The Balaban J connectivity index is 1.65. The van der Waals surface area contributed by atoms with Crippen LogP contribution in [0.5, 0.6) is 0 Å². The Morgan fingerprint density at radius 1 is 1.00 bits per heavy atom. The number of benzene rings is 2. The maximum Gasteiger partial charge on any atom is 0.243 e. The summed E-state index contributed by atoms with van der Waals surface area (Å²) in [4.78, 5) is 24.3. The first-order chi connectivity index (χ1) is 13.8. The van der Waals surface area contributed by atoms with Crippen LogP contribution in [0, 0.1) is 5.92 Å². The summed E-state index contributed by atoms with van der Waals surface area (Å²) >= 11 is 6.01. The lowest BCUT2D eigenvalue weighted by Gasteiger charge is -2.30. The fraction of sp³-hybridized carbons (Fsp3) is 0.300. The Bertz CT molecular complexity index is 1000. The largest absolute Gasteiger partial charge is 0.325 e. The lowest BCUT2D eigenvalue weighted by molar-refractivity contribution is -0.121. The maximum atomic E-state index is 12.7. The van der Waals surface area contributed by atoms with Gasteiger partial charge in [0.25, 0.3) is 0 Å². The number of amides is 2. The second kappa shape index (κ2) is 8.94. The quantitative estimate of drug-likeness (QED) is 0.752. The number of rotatable bonds is 5. The van der Waals surface area contributed by atoms with Crippen LogP contribution in [0.15, 0.2) is 53.4 Å². The van der Waals surface area contributed by atoms with E-state index >= 15 is 0 Å². The molecule has 1 aliphatic heterocycles. The van der Waals surface area contributed by atoms with Crippen molar-refractivity contribution in [3.63, 3.8) is 0 Å². The lowest BCUT2D eigenvalue weighted by Crippen LogP contribution is -2.41. The first kappa shape index (κ1) is 21.3. The number of nitrogens with one attached hydrogen (secondary N) is 2. The molecule has 154 valence electrons. The van der Waals surface area contributed by atoms with Crippen molar-refractivity contribution in [1.82, 2.24) is 4.31 Å². The van der Waals surface area contributed by atoms with Gasteiger partial charge in [0.05, 0.1) is 16.3 Å². The Kier molecular flexibility index (Phi) is 6.56. The summed E-state index contributed by atoms with van der Waals surface area (Å²) in [5.41, 5.74) is 0.872. The second-order valence-corrected chi connectivity index (χ2v) is 9.23. The van der Waals surface area contributed by atoms with E-state index in [2.05, 4.69) is 10.6 Å². The van der Waals surface area contributed by atoms with E-state index < -0.39 is 10.0 Å². The van der Waals surface area contributed by atoms with E-state index in [4.69, 9.17) is 11.6 Å². The molecule has 9 heteroatoms. The molecule has 0 radical (unpaired) electrons. The number of carbonyl (C=O) groups is 2. The molecule has 0 aliphatic carbocycles. The number of carbonyl (C=O) groups excluding carboxylic acids is 2. The fourth-order valence-corrected chi connectivity index (χ4v) is 4.92. The molecule has 0 spiro atoms. The third-order valence-corrected chi connectivity index (χ3v) is 6.90. The van der Waals surface area contributed by atoms with Gasteiger partial charge in [-0.25, -0.2) is 8.42 Å². The Morgan fingerprint density at radius 2 is 1.66 bits per heavy atom. The van der Waals surface area contributed by atoms with Gasteiger partial charge >= 0.3 is 0 Å². The van der Waals surface area contributed by atoms with E-state index in [0.717, 1.165) is 0 Å². The summed E-state index contributed by atoms with van der Waals surface area (Å²) < 4.78 is 26.8. The number of piperidine rings is 1. The average molecular weight is 436 g/mol. The number of sulfonamides is 1. The molecule has 29 heavy (non-hydrogen) atoms. The molecular weight excluding hydrogens is 414 g/mol. The number of anilines is 2. The number of nitrogens with zero attached hydrogens (tertiary/aromatic N) is 1. The fourth-order valence-electron chi connectivity index (χ4n) is 3.25. The van der Waals surface area contributed by atoms with Gasteiger partial charge in [-0.2, -0.15) is 4.31 Å². The predicted octanol–water partition coefficient (Wildman–Crippen LogP) is 3.34. The van der Waals surface area contributed by atoms with Gasteiger partial charge in [0.1, 0.15) is 0 Å². The molecule has 2 N–H and O–H groups in total. The summed E-state index contributed by atoms with van der Waals surface area (Å²) in [5, 5.41) is 5.89. The van der Waals surface area contributed by atoms with Crippen LogP contribution in [0.2, 0.25) is 5.02 Å². The highest BCUT2D eigenvalue weighted by atomic mass is 35.5. The van der Waals surface area contributed by atoms with Gasteiger partial charge in [-0.1, -0.05) is 29.8 Å². The maximum absolute atomic E-state index is 12.7. The highest BCUT2D eigenvalue weighted by molar-refractivity contribution is 7.89. The number of halogens is 1. The molecule has 3 rings (SSSR count). The van der Waals surface area contributed by atoms with Crippen molar-refractivity contribution >= 4 is 44.8 Å². The van der Waals surface area contributed by atoms with E-state index in [0.29, 0.717) is 29.2 Å². The number of hydrogen-bond acceptors (Lipinski definition) is 4. The van der Waals surface area contributed by atoms with Crippen LogP contribution >= 0.6 is 11.6 Å². The second-order valence-electron chi connectivity index (χ2n) is 6.85. The zero-order valence-corrected chi connectivity index (χ0v) is 17.5. The molecular formula is C20H22ClN3O4S. The van der Waals surface area contributed by atoms with Crippen LogP contribution in [-0.2, 0) is 19.6 Å². The minimum absolute atomic E-state index is 0.226. The molecule has 2 aromatic rings. The van der Waals surface area contributed by atoms with Crippen LogP contribution in [0.4, 0.5) is 11.4 Å². The van der Waals surface area contributed by atoms with E-state index in [1.54, 1.807) is 48.5 Å². The monoisotopic (exact) mass is 435 g/mol. The van der Waals surface area contributed by atoms with Crippen molar-refractivity contribution < 1.29 is 18.0 Å². The minimum Gasteiger partial charge on any atom is -0.325 e. The summed E-state index contributed by atoms with van der Waals surface area (Å²) in [7, 11) is -3.56. The third kappa shape index (κ3) is 5.14. The highest BCUT2D eigenvalue weighted by Gasteiger charge is 2.32. The van der Waals surface area contributed by atoms with Crippen LogP contribution in [0.1, 0.15) is 19.8 Å².